The van der Waals surface area contributed by atoms with E-state index in [1.54, 1.807) is 0 Å². The molecule has 2 aliphatic heterocycles. The van der Waals surface area contributed by atoms with Gasteiger partial charge < -0.3 is 9.84 Å². The quantitative estimate of drug-likeness (QED) is 0.662. The third-order valence-electron chi connectivity index (χ3n) is 3.38. The average Bonchev–Trinajstić information content (AvgIpc) is 2.44. The zero-order valence-electron chi connectivity index (χ0n) is 9.67. The molecule has 0 aromatic carbocycles. The van der Waals surface area contributed by atoms with Crippen molar-refractivity contribution in [2.75, 3.05) is 24.7 Å². The van der Waals surface area contributed by atoms with Gasteiger partial charge in [0.05, 0.1) is 36.4 Å². The van der Waals surface area contributed by atoms with Crippen molar-refractivity contribution >= 4 is 9.84 Å². The van der Waals surface area contributed by atoms with Gasteiger partial charge in [-0.05, 0) is 13.8 Å². The normalized spacial score (nSPS) is 44.7. The van der Waals surface area contributed by atoms with Crippen LogP contribution in [-0.4, -0.2) is 67.4 Å². The van der Waals surface area contributed by atoms with Crippen molar-refractivity contribution in [1.82, 2.24) is 4.90 Å². The summed E-state index contributed by atoms with van der Waals surface area (Å²) in [4.78, 5) is 2.07. The second-order valence-electron chi connectivity index (χ2n) is 4.90. The Morgan fingerprint density at radius 2 is 2.00 bits per heavy atom. The third-order valence-corrected chi connectivity index (χ3v) is 5.07. The molecule has 2 saturated heterocycles. The fourth-order valence-corrected chi connectivity index (χ4v) is 4.33. The van der Waals surface area contributed by atoms with Crippen LogP contribution in [0.3, 0.4) is 0 Å². The van der Waals surface area contributed by atoms with Crippen molar-refractivity contribution in [3.63, 3.8) is 0 Å². The highest BCUT2D eigenvalue weighted by atomic mass is 32.2. The SMILES string of the molecule is CC1CN(C2CS(=O)(=O)CC2O)C(C)CO1. The van der Waals surface area contributed by atoms with Crippen LogP contribution in [0.4, 0.5) is 0 Å². The van der Waals surface area contributed by atoms with Gasteiger partial charge in [0, 0.05) is 12.6 Å². The summed E-state index contributed by atoms with van der Waals surface area (Å²) in [6.45, 7) is 5.26. The van der Waals surface area contributed by atoms with Crippen LogP contribution in [-0.2, 0) is 14.6 Å². The number of rotatable bonds is 1. The number of morpholine rings is 1. The predicted octanol–water partition coefficient (Wildman–Crippen LogP) is -0.746. The maximum atomic E-state index is 11.5. The fourth-order valence-electron chi connectivity index (χ4n) is 2.52. The molecule has 0 aliphatic carbocycles. The van der Waals surface area contributed by atoms with Gasteiger partial charge in [0.25, 0.3) is 0 Å². The predicted molar refractivity (Wildman–Crippen MR) is 60.0 cm³/mol. The second kappa shape index (κ2) is 4.25. The topological polar surface area (TPSA) is 66.8 Å². The van der Waals surface area contributed by atoms with Crippen molar-refractivity contribution < 1.29 is 18.3 Å². The van der Waals surface area contributed by atoms with Gasteiger partial charge in [0.15, 0.2) is 9.84 Å². The fraction of sp³-hybridized carbons (Fsp3) is 1.00. The highest BCUT2D eigenvalue weighted by molar-refractivity contribution is 7.91. The van der Waals surface area contributed by atoms with Crippen molar-refractivity contribution in [2.24, 2.45) is 0 Å². The first kappa shape index (κ1) is 12.3. The molecule has 2 heterocycles. The molecule has 0 spiro atoms. The van der Waals surface area contributed by atoms with Crippen LogP contribution in [0.2, 0.25) is 0 Å². The standard InChI is InChI=1S/C10H19NO4S/c1-7-4-15-8(2)3-11(7)9-5-16(13,14)6-10(9)12/h7-10,12H,3-6H2,1-2H3. The van der Waals surface area contributed by atoms with E-state index in [-0.39, 0.29) is 29.7 Å². The zero-order chi connectivity index (χ0) is 11.9. The third kappa shape index (κ3) is 2.40. The first-order chi connectivity index (χ1) is 7.39. The number of sulfone groups is 1. The number of aliphatic hydroxyl groups excluding tert-OH is 1. The van der Waals surface area contributed by atoms with Crippen LogP contribution in [0.25, 0.3) is 0 Å². The largest absolute Gasteiger partial charge is 0.390 e. The lowest BCUT2D eigenvalue weighted by molar-refractivity contribution is -0.0773. The lowest BCUT2D eigenvalue weighted by Crippen LogP contribution is -2.55. The summed E-state index contributed by atoms with van der Waals surface area (Å²) in [6.07, 6.45) is -0.649. The number of hydrogen-bond acceptors (Lipinski definition) is 5. The Morgan fingerprint density at radius 3 is 2.56 bits per heavy atom. The maximum absolute atomic E-state index is 11.5. The second-order valence-corrected chi connectivity index (χ2v) is 7.06. The summed E-state index contributed by atoms with van der Waals surface area (Å²) in [5.74, 6) is -0.0264. The lowest BCUT2D eigenvalue weighted by Gasteiger charge is -2.41. The molecular formula is C10H19NO4S. The first-order valence-electron chi connectivity index (χ1n) is 5.65. The van der Waals surface area contributed by atoms with E-state index in [1.165, 1.54) is 0 Å². The zero-order valence-corrected chi connectivity index (χ0v) is 10.5. The van der Waals surface area contributed by atoms with Crippen LogP contribution in [0.5, 0.6) is 0 Å². The van der Waals surface area contributed by atoms with Gasteiger partial charge in [0.2, 0.25) is 0 Å². The molecule has 2 aliphatic rings. The molecule has 4 atom stereocenters. The Bertz CT molecular complexity index is 356. The summed E-state index contributed by atoms with van der Waals surface area (Å²) in [7, 11) is -3.07. The molecule has 6 heteroatoms. The van der Waals surface area contributed by atoms with Gasteiger partial charge in [-0.3, -0.25) is 4.90 Å². The maximum Gasteiger partial charge on any atom is 0.154 e. The molecular weight excluding hydrogens is 230 g/mol. The Kier molecular flexibility index (Phi) is 3.27. The van der Waals surface area contributed by atoms with Gasteiger partial charge in [-0.1, -0.05) is 0 Å². The molecule has 0 radical (unpaired) electrons. The number of ether oxygens (including phenoxy) is 1. The highest BCUT2D eigenvalue weighted by Crippen LogP contribution is 2.23. The van der Waals surface area contributed by atoms with E-state index in [4.69, 9.17) is 4.74 Å². The Balaban J connectivity index is 2.12. The van der Waals surface area contributed by atoms with Crippen LogP contribution >= 0.6 is 0 Å². The van der Waals surface area contributed by atoms with Gasteiger partial charge in [0.1, 0.15) is 0 Å². The average molecular weight is 249 g/mol. The van der Waals surface area contributed by atoms with Crippen LogP contribution in [0, 0.1) is 0 Å². The summed E-state index contributed by atoms with van der Waals surface area (Å²) < 4.78 is 28.4. The molecule has 1 N–H and O–H groups in total. The molecule has 4 unspecified atom stereocenters. The van der Waals surface area contributed by atoms with Crippen molar-refractivity contribution in [1.29, 1.82) is 0 Å². The minimum Gasteiger partial charge on any atom is -0.390 e. The Morgan fingerprint density at radius 1 is 1.31 bits per heavy atom. The summed E-state index contributed by atoms with van der Waals surface area (Å²) >= 11 is 0. The van der Waals surface area contributed by atoms with Crippen molar-refractivity contribution in [3.05, 3.63) is 0 Å². The lowest BCUT2D eigenvalue weighted by atomic mass is 10.1. The van der Waals surface area contributed by atoms with Crippen molar-refractivity contribution in [2.45, 2.75) is 38.1 Å². The number of hydrogen-bond donors (Lipinski definition) is 1. The minimum atomic E-state index is -3.07. The number of nitrogens with zero attached hydrogens (tertiary/aromatic N) is 1. The van der Waals surface area contributed by atoms with Gasteiger partial charge in [-0.15, -0.1) is 0 Å². The van der Waals surface area contributed by atoms with Gasteiger partial charge in [-0.25, -0.2) is 8.42 Å². The van der Waals surface area contributed by atoms with Crippen molar-refractivity contribution in [3.8, 4) is 0 Å². The molecule has 16 heavy (non-hydrogen) atoms. The first-order valence-corrected chi connectivity index (χ1v) is 7.47. The van der Waals surface area contributed by atoms with Crippen LogP contribution in [0.15, 0.2) is 0 Å². The molecule has 0 aromatic rings. The van der Waals surface area contributed by atoms with E-state index in [2.05, 4.69) is 4.90 Å². The van der Waals surface area contributed by atoms with E-state index in [0.29, 0.717) is 13.2 Å². The molecule has 2 rings (SSSR count). The van der Waals surface area contributed by atoms with Gasteiger partial charge in [-0.2, -0.15) is 0 Å². The van der Waals surface area contributed by atoms with E-state index in [9.17, 15) is 13.5 Å². The van der Waals surface area contributed by atoms with Gasteiger partial charge >= 0.3 is 0 Å². The molecule has 0 amide bonds. The summed E-state index contributed by atoms with van der Waals surface area (Å²) in [5, 5.41) is 9.82. The molecule has 0 bridgehead atoms. The van der Waals surface area contributed by atoms with Crippen LogP contribution < -0.4 is 0 Å². The van der Waals surface area contributed by atoms with Crippen LogP contribution in [0.1, 0.15) is 13.8 Å². The molecule has 94 valence electrons. The van der Waals surface area contributed by atoms with E-state index < -0.39 is 15.9 Å². The van der Waals surface area contributed by atoms with E-state index in [0.717, 1.165) is 0 Å². The monoisotopic (exact) mass is 249 g/mol. The Hall–Kier alpha value is -0.170. The molecule has 5 nitrogen and oxygen atoms in total. The molecule has 0 saturated carbocycles. The number of aliphatic hydroxyl groups is 1. The van der Waals surface area contributed by atoms with E-state index >= 15 is 0 Å². The highest BCUT2D eigenvalue weighted by Gasteiger charge is 2.42. The summed E-state index contributed by atoms with van der Waals surface area (Å²) in [6, 6.07) is -0.0875. The molecule has 2 fully saturated rings. The molecule has 0 aromatic heterocycles. The Labute approximate surface area is 96.3 Å². The minimum absolute atomic E-state index is 0.0746. The smallest absolute Gasteiger partial charge is 0.154 e. The summed E-state index contributed by atoms with van der Waals surface area (Å²) in [5.41, 5.74) is 0. The van der Waals surface area contributed by atoms with E-state index in [1.807, 2.05) is 13.8 Å².